The van der Waals surface area contributed by atoms with E-state index in [1.54, 1.807) is 0 Å². The van der Waals surface area contributed by atoms with Gasteiger partial charge in [-0.3, -0.25) is 23.7 Å². The molecule has 0 spiro atoms. The summed E-state index contributed by atoms with van der Waals surface area (Å²) in [7, 11) is 2.61. The maximum Gasteiger partial charge on any atom is 0.419 e. The number of nitrogens with one attached hydrogen (secondary N) is 1. The van der Waals surface area contributed by atoms with Crippen LogP contribution in [0.25, 0.3) is 16.8 Å². The number of hydrogen-bond acceptors (Lipinski definition) is 7. The van der Waals surface area contributed by atoms with E-state index in [-0.39, 0.29) is 33.3 Å². The third-order valence-corrected chi connectivity index (χ3v) is 5.70. The molecule has 0 aliphatic heterocycles. The molecule has 0 radical (unpaired) electrons. The number of halogens is 4. The molecular weight excluding hydrogens is 492 g/mol. The molecule has 1 amide bonds. The van der Waals surface area contributed by atoms with Gasteiger partial charge in [-0.15, -0.1) is 11.3 Å². The maximum absolute atomic E-state index is 13.5. The minimum absolute atomic E-state index is 0.00777. The van der Waals surface area contributed by atoms with E-state index < -0.39 is 41.1 Å². The lowest BCUT2D eigenvalue weighted by molar-refractivity contribution is -0.140. The molecule has 9 nitrogen and oxygen atoms in total. The number of alkyl halides is 3. The Bertz CT molecular complexity index is 1470. The van der Waals surface area contributed by atoms with Crippen molar-refractivity contribution in [2.75, 3.05) is 11.1 Å². The Labute approximate surface area is 198 Å². The van der Waals surface area contributed by atoms with Gasteiger partial charge < -0.3 is 11.1 Å². The Morgan fingerprint density at radius 1 is 1.29 bits per heavy atom. The molecule has 14 heteroatoms. The molecule has 0 aliphatic carbocycles. The van der Waals surface area contributed by atoms with Gasteiger partial charge in [-0.2, -0.15) is 13.2 Å². The first-order chi connectivity index (χ1) is 16.3. The smallest absolute Gasteiger partial charge is 0.384 e. The average molecular weight is 510 g/mol. The summed E-state index contributed by atoms with van der Waals surface area (Å²) in [5.41, 5.74) is 3.18. The fourth-order valence-electron chi connectivity index (χ4n) is 3.17. The Morgan fingerprint density at radius 3 is 2.60 bits per heavy atom. The molecule has 2 heterocycles. The molecule has 0 saturated heterocycles. The van der Waals surface area contributed by atoms with Crippen molar-refractivity contribution in [1.29, 1.82) is 0 Å². The fourth-order valence-corrected chi connectivity index (χ4v) is 3.91. The number of amides is 1. The van der Waals surface area contributed by atoms with Crippen LogP contribution >= 0.6 is 11.3 Å². The van der Waals surface area contributed by atoms with Gasteiger partial charge in [0, 0.05) is 31.2 Å². The summed E-state index contributed by atoms with van der Waals surface area (Å²) in [6.45, 7) is 3.31. The van der Waals surface area contributed by atoms with Crippen molar-refractivity contribution in [2.24, 2.45) is 19.1 Å². The van der Waals surface area contributed by atoms with E-state index in [2.05, 4.69) is 22.0 Å². The van der Waals surface area contributed by atoms with Gasteiger partial charge in [0.25, 0.3) is 5.56 Å². The van der Waals surface area contributed by atoms with Crippen molar-refractivity contribution in [3.05, 3.63) is 67.6 Å². The third kappa shape index (κ3) is 5.21. The minimum Gasteiger partial charge on any atom is -0.384 e. The number of nitrogens with two attached hydrogens (primary N) is 1. The summed E-state index contributed by atoms with van der Waals surface area (Å²) in [5, 5.41) is 3.92. The van der Waals surface area contributed by atoms with Crippen LogP contribution in [0.4, 0.5) is 28.5 Å². The van der Waals surface area contributed by atoms with Crippen molar-refractivity contribution >= 4 is 40.5 Å². The predicted molar refractivity (Wildman–Crippen MR) is 125 cm³/mol. The lowest BCUT2D eigenvalue weighted by Crippen LogP contribution is -2.40. The summed E-state index contributed by atoms with van der Waals surface area (Å²) in [5.74, 6) is -2.23. The van der Waals surface area contributed by atoms with Gasteiger partial charge >= 0.3 is 11.9 Å². The van der Waals surface area contributed by atoms with Crippen molar-refractivity contribution < 1.29 is 22.4 Å². The molecule has 0 bridgehead atoms. The number of anilines is 2. The first kappa shape index (κ1) is 25.6. The Hall–Kier alpha value is -4.07. The molecule has 1 aromatic carbocycles. The van der Waals surface area contributed by atoms with Crippen LogP contribution in [0, 0.1) is 5.82 Å². The second-order valence-corrected chi connectivity index (χ2v) is 8.12. The van der Waals surface area contributed by atoms with Crippen molar-refractivity contribution in [1.82, 2.24) is 14.1 Å². The Morgan fingerprint density at radius 2 is 1.97 bits per heavy atom. The Balaban J connectivity index is 1.86. The number of aliphatic imine (C=N–C) groups is 1. The van der Waals surface area contributed by atoms with Gasteiger partial charge in [0.05, 0.1) is 23.2 Å². The number of aromatic nitrogens is 3. The first-order valence-corrected chi connectivity index (χ1v) is 10.6. The monoisotopic (exact) mass is 510 g/mol. The van der Waals surface area contributed by atoms with Gasteiger partial charge in [0.1, 0.15) is 11.6 Å². The zero-order chi connectivity index (χ0) is 26.1. The quantitative estimate of drug-likeness (QED) is 0.390. The van der Waals surface area contributed by atoms with Gasteiger partial charge in [-0.05, 0) is 30.5 Å². The van der Waals surface area contributed by atoms with Gasteiger partial charge in [-0.1, -0.05) is 0 Å². The van der Waals surface area contributed by atoms with Crippen molar-refractivity contribution in [3.8, 4) is 11.3 Å². The van der Waals surface area contributed by atoms with E-state index in [9.17, 15) is 31.9 Å². The van der Waals surface area contributed by atoms with E-state index >= 15 is 0 Å². The SMILES string of the molecule is C=N/C=C(/CC(=O)Nc1nc(-c2ccc(F)c(C(F)(F)F)c2)cs1)c1c(N)n(C)c(=O)n(C)c1=O. The molecule has 3 N–H and O–H groups in total. The van der Waals surface area contributed by atoms with E-state index in [4.69, 9.17) is 5.73 Å². The molecule has 184 valence electrons. The zero-order valence-electron chi connectivity index (χ0n) is 18.3. The van der Waals surface area contributed by atoms with Gasteiger partial charge in [-0.25, -0.2) is 14.2 Å². The lowest BCUT2D eigenvalue weighted by Gasteiger charge is -2.13. The van der Waals surface area contributed by atoms with E-state index in [0.29, 0.717) is 12.1 Å². The van der Waals surface area contributed by atoms with E-state index in [1.807, 2.05) is 0 Å². The molecule has 35 heavy (non-hydrogen) atoms. The molecule has 0 aliphatic rings. The Kier molecular flexibility index (Phi) is 7.05. The van der Waals surface area contributed by atoms with E-state index in [1.165, 1.54) is 19.5 Å². The molecule has 0 fully saturated rings. The first-order valence-electron chi connectivity index (χ1n) is 9.68. The normalized spacial score (nSPS) is 12.0. The number of carbonyl (C=O) groups is 1. The summed E-state index contributed by atoms with van der Waals surface area (Å²) in [6.07, 6.45) is -4.13. The number of rotatable bonds is 6. The van der Waals surface area contributed by atoms with Gasteiger partial charge in [0.2, 0.25) is 5.91 Å². The molecule has 3 rings (SSSR count). The highest BCUT2D eigenvalue weighted by Gasteiger charge is 2.34. The largest absolute Gasteiger partial charge is 0.419 e. The van der Waals surface area contributed by atoms with Crippen LogP contribution in [0.5, 0.6) is 0 Å². The van der Waals surface area contributed by atoms with Crippen LogP contribution in [0.15, 0.2) is 44.4 Å². The van der Waals surface area contributed by atoms with Crippen LogP contribution in [-0.4, -0.2) is 26.7 Å². The highest BCUT2D eigenvalue weighted by Crippen LogP contribution is 2.35. The molecular formula is C21H18F4N6O3S. The summed E-state index contributed by atoms with van der Waals surface area (Å²) in [4.78, 5) is 45.0. The summed E-state index contributed by atoms with van der Waals surface area (Å²) < 4.78 is 54.4. The molecule has 3 aromatic rings. The van der Waals surface area contributed by atoms with Crippen LogP contribution in [0.3, 0.4) is 0 Å². The number of nitrogens with zero attached hydrogens (tertiary/aromatic N) is 4. The van der Waals surface area contributed by atoms with Crippen LogP contribution in [0.1, 0.15) is 17.5 Å². The number of nitrogen functional groups attached to an aromatic ring is 1. The second-order valence-electron chi connectivity index (χ2n) is 7.26. The summed E-state index contributed by atoms with van der Waals surface area (Å²) in [6, 6.07) is 2.46. The fraction of sp³-hybridized carbons (Fsp3) is 0.190. The lowest BCUT2D eigenvalue weighted by atomic mass is 10.1. The topological polar surface area (TPSA) is 124 Å². The predicted octanol–water partition coefficient (Wildman–Crippen LogP) is 3.02. The minimum atomic E-state index is -4.88. The second kappa shape index (κ2) is 9.66. The summed E-state index contributed by atoms with van der Waals surface area (Å²) >= 11 is 0.930. The number of benzene rings is 1. The van der Waals surface area contributed by atoms with Crippen molar-refractivity contribution in [3.63, 3.8) is 0 Å². The van der Waals surface area contributed by atoms with Crippen molar-refractivity contribution in [2.45, 2.75) is 12.6 Å². The standard InChI is InChI=1S/C21H18F4N6O3S/c1-27-8-11(16-17(26)30(2)20(34)31(3)18(16)33)7-15(32)29-19-28-14(9-35-19)10-4-5-13(22)12(6-10)21(23,24)25/h4-6,8-9H,1,7,26H2,2-3H3,(H,28,29,32)/b11-8-. The average Bonchev–Trinajstić information content (AvgIpc) is 3.24. The van der Waals surface area contributed by atoms with Crippen LogP contribution in [0.2, 0.25) is 0 Å². The maximum atomic E-state index is 13.5. The van der Waals surface area contributed by atoms with Crippen LogP contribution < -0.4 is 22.3 Å². The number of carbonyl (C=O) groups excluding carboxylic acids is 1. The zero-order valence-corrected chi connectivity index (χ0v) is 19.1. The molecule has 0 saturated carbocycles. The molecule has 0 unspecified atom stereocenters. The molecule has 2 aromatic heterocycles. The van der Waals surface area contributed by atoms with E-state index in [0.717, 1.165) is 32.7 Å². The van der Waals surface area contributed by atoms with Crippen LogP contribution in [-0.2, 0) is 25.1 Å². The highest BCUT2D eigenvalue weighted by atomic mass is 32.1. The highest BCUT2D eigenvalue weighted by molar-refractivity contribution is 7.14. The third-order valence-electron chi connectivity index (χ3n) is 4.95. The molecule has 0 atom stereocenters. The number of hydrogen-bond donors (Lipinski definition) is 2. The van der Waals surface area contributed by atoms with Gasteiger partial charge in [0.15, 0.2) is 5.13 Å². The number of thiazole rings is 1.